The van der Waals surface area contributed by atoms with Gasteiger partial charge in [-0.05, 0) is 26.0 Å². The highest BCUT2D eigenvalue weighted by Crippen LogP contribution is 2.46. The van der Waals surface area contributed by atoms with E-state index in [1.165, 1.54) is 23.9 Å². The number of thioether (sulfide) groups is 1. The van der Waals surface area contributed by atoms with Crippen molar-refractivity contribution in [3.8, 4) is 0 Å². The van der Waals surface area contributed by atoms with Gasteiger partial charge < -0.3 is 16.2 Å². The number of hydrogen-bond donors (Lipinski definition) is 2. The quantitative estimate of drug-likeness (QED) is 0.782. The number of nitrogens with two attached hydrogens (primary N) is 2. The molecule has 6 heteroatoms. The van der Waals surface area contributed by atoms with Gasteiger partial charge in [0.25, 0.3) is 0 Å². The molecule has 20 heavy (non-hydrogen) atoms. The van der Waals surface area contributed by atoms with E-state index in [0.29, 0.717) is 23.0 Å². The fourth-order valence-corrected chi connectivity index (χ4v) is 3.68. The Kier molecular flexibility index (Phi) is 4.25. The molecule has 0 bridgehead atoms. The molecule has 4 nitrogen and oxygen atoms in total. The summed E-state index contributed by atoms with van der Waals surface area (Å²) < 4.78 is 20.0. The molecule has 0 unspecified atom stereocenters. The van der Waals surface area contributed by atoms with Crippen LogP contribution >= 0.6 is 11.8 Å². The normalized spacial score (nSPS) is 34.6. The third-order valence-electron chi connectivity index (χ3n) is 3.77. The molecule has 2 aliphatic heterocycles. The highest BCUT2D eigenvalue weighted by molar-refractivity contribution is 8.13. The summed E-state index contributed by atoms with van der Waals surface area (Å²) in [6, 6.07) is 0. The van der Waals surface area contributed by atoms with Crippen molar-refractivity contribution in [1.29, 1.82) is 0 Å². The lowest BCUT2D eigenvalue weighted by atomic mass is 9.79. The molecular weight excluding hydrogens is 277 g/mol. The standard InChI is InChI=1S/C14H20FN3OS/c1-8(16)4-5-12(15)9(2)14-7-19-10(3)11(14)6-20-13(17)18-14/h4-5,10-11H,2,6-7,16H2,1,3H3,(H2,17,18)/b8-4+,12-5+/t10-,11-,14-/m1/s1. The first kappa shape index (κ1) is 15.1. The number of halogens is 1. The minimum absolute atomic E-state index is 0.00990. The van der Waals surface area contributed by atoms with Gasteiger partial charge in [-0.15, -0.1) is 0 Å². The Morgan fingerprint density at radius 2 is 2.30 bits per heavy atom. The van der Waals surface area contributed by atoms with Crippen molar-refractivity contribution in [1.82, 2.24) is 0 Å². The van der Waals surface area contributed by atoms with Gasteiger partial charge in [0.05, 0.1) is 12.7 Å². The van der Waals surface area contributed by atoms with Gasteiger partial charge in [-0.2, -0.15) is 0 Å². The van der Waals surface area contributed by atoms with Crippen molar-refractivity contribution in [2.24, 2.45) is 22.4 Å². The highest BCUT2D eigenvalue weighted by Gasteiger charge is 2.52. The largest absolute Gasteiger partial charge is 0.402 e. The second kappa shape index (κ2) is 5.61. The van der Waals surface area contributed by atoms with E-state index in [0.717, 1.165) is 5.75 Å². The second-order valence-electron chi connectivity index (χ2n) is 5.21. The van der Waals surface area contributed by atoms with E-state index in [2.05, 4.69) is 11.6 Å². The van der Waals surface area contributed by atoms with E-state index < -0.39 is 11.4 Å². The molecule has 0 aliphatic carbocycles. The van der Waals surface area contributed by atoms with E-state index in [-0.39, 0.29) is 12.0 Å². The lowest BCUT2D eigenvalue weighted by Crippen LogP contribution is -2.45. The molecule has 1 fully saturated rings. The zero-order chi connectivity index (χ0) is 14.9. The van der Waals surface area contributed by atoms with Crippen molar-refractivity contribution < 1.29 is 9.13 Å². The highest BCUT2D eigenvalue weighted by atomic mass is 32.2. The molecule has 0 aromatic heterocycles. The number of amidine groups is 1. The van der Waals surface area contributed by atoms with Crippen LogP contribution in [0.25, 0.3) is 0 Å². The molecule has 0 amide bonds. The molecule has 0 radical (unpaired) electrons. The van der Waals surface area contributed by atoms with Crippen LogP contribution in [0.2, 0.25) is 0 Å². The summed E-state index contributed by atoms with van der Waals surface area (Å²) in [6.45, 7) is 7.88. The summed E-state index contributed by atoms with van der Waals surface area (Å²) in [5, 5.41) is 0.457. The summed E-state index contributed by atoms with van der Waals surface area (Å²) in [5.74, 6) is 0.407. The number of hydrogen-bond acceptors (Lipinski definition) is 5. The van der Waals surface area contributed by atoms with Gasteiger partial charge in [0.1, 0.15) is 11.4 Å². The van der Waals surface area contributed by atoms with Gasteiger partial charge in [0.2, 0.25) is 0 Å². The third kappa shape index (κ3) is 2.62. The van der Waals surface area contributed by atoms with Crippen molar-refractivity contribution in [3.05, 3.63) is 35.8 Å². The van der Waals surface area contributed by atoms with E-state index in [9.17, 15) is 4.39 Å². The maximum absolute atomic E-state index is 14.3. The maximum atomic E-state index is 14.3. The first-order valence-electron chi connectivity index (χ1n) is 6.46. The Hall–Kier alpha value is -1.27. The number of nitrogens with zero attached hydrogens (tertiary/aromatic N) is 1. The van der Waals surface area contributed by atoms with Crippen LogP contribution in [0.1, 0.15) is 13.8 Å². The van der Waals surface area contributed by atoms with E-state index in [4.69, 9.17) is 16.2 Å². The van der Waals surface area contributed by atoms with E-state index in [1.54, 1.807) is 6.92 Å². The van der Waals surface area contributed by atoms with Crippen LogP contribution in [-0.2, 0) is 4.74 Å². The lowest BCUT2D eigenvalue weighted by Gasteiger charge is -2.35. The first-order chi connectivity index (χ1) is 9.36. The lowest BCUT2D eigenvalue weighted by molar-refractivity contribution is 0.108. The summed E-state index contributed by atoms with van der Waals surface area (Å²) >= 11 is 1.48. The Morgan fingerprint density at radius 3 is 2.95 bits per heavy atom. The predicted molar refractivity (Wildman–Crippen MR) is 82.0 cm³/mol. The molecule has 1 saturated heterocycles. The summed E-state index contributed by atoms with van der Waals surface area (Å²) in [7, 11) is 0. The molecule has 2 heterocycles. The van der Waals surface area contributed by atoms with Gasteiger partial charge in [0.15, 0.2) is 5.17 Å². The van der Waals surface area contributed by atoms with Crippen LogP contribution in [-0.4, -0.2) is 29.2 Å². The van der Waals surface area contributed by atoms with Crippen LogP contribution in [0.4, 0.5) is 4.39 Å². The molecule has 110 valence electrons. The predicted octanol–water partition coefficient (Wildman–Crippen LogP) is 2.09. The number of fused-ring (bicyclic) bond motifs is 1. The van der Waals surface area contributed by atoms with Crippen molar-refractivity contribution in [3.63, 3.8) is 0 Å². The molecule has 0 saturated carbocycles. The van der Waals surface area contributed by atoms with Gasteiger partial charge >= 0.3 is 0 Å². The number of ether oxygens (including phenoxy) is 1. The fourth-order valence-electron chi connectivity index (χ4n) is 2.55. The van der Waals surface area contributed by atoms with Crippen LogP contribution < -0.4 is 11.5 Å². The van der Waals surface area contributed by atoms with Crippen LogP contribution in [0.5, 0.6) is 0 Å². The Labute approximate surface area is 122 Å². The van der Waals surface area contributed by atoms with E-state index in [1.807, 2.05) is 6.92 Å². The molecule has 0 aromatic rings. The Morgan fingerprint density at radius 1 is 1.60 bits per heavy atom. The van der Waals surface area contributed by atoms with Crippen molar-refractivity contribution in [2.75, 3.05) is 12.4 Å². The number of rotatable bonds is 3. The zero-order valence-electron chi connectivity index (χ0n) is 11.7. The average Bonchev–Trinajstić information content (AvgIpc) is 2.73. The molecule has 0 aromatic carbocycles. The number of allylic oxidation sites excluding steroid dienone is 3. The molecular formula is C14H20FN3OS. The first-order valence-corrected chi connectivity index (χ1v) is 7.44. The monoisotopic (exact) mass is 297 g/mol. The summed E-state index contributed by atoms with van der Waals surface area (Å²) in [5.41, 5.74) is 11.4. The summed E-state index contributed by atoms with van der Waals surface area (Å²) in [4.78, 5) is 4.47. The van der Waals surface area contributed by atoms with Gasteiger partial charge in [-0.3, -0.25) is 0 Å². The van der Waals surface area contributed by atoms with Gasteiger partial charge in [-0.25, -0.2) is 9.38 Å². The smallest absolute Gasteiger partial charge is 0.154 e. The number of aliphatic imine (C=N–C) groups is 1. The Bertz CT molecular complexity index is 511. The van der Waals surface area contributed by atoms with Gasteiger partial charge in [-0.1, -0.05) is 18.3 Å². The third-order valence-corrected chi connectivity index (χ3v) is 4.68. The summed E-state index contributed by atoms with van der Waals surface area (Å²) in [6.07, 6.45) is 2.84. The average molecular weight is 297 g/mol. The molecule has 2 aliphatic rings. The molecule has 4 N–H and O–H groups in total. The Balaban J connectivity index is 2.37. The van der Waals surface area contributed by atoms with Crippen LogP contribution in [0.3, 0.4) is 0 Å². The minimum Gasteiger partial charge on any atom is -0.402 e. The van der Waals surface area contributed by atoms with Crippen molar-refractivity contribution >= 4 is 16.9 Å². The minimum atomic E-state index is -0.786. The van der Waals surface area contributed by atoms with Crippen LogP contribution in [0.15, 0.2) is 40.8 Å². The maximum Gasteiger partial charge on any atom is 0.154 e. The molecule has 3 atom stereocenters. The van der Waals surface area contributed by atoms with Gasteiger partial charge in [0, 0.05) is 22.9 Å². The molecule has 0 spiro atoms. The topological polar surface area (TPSA) is 73.6 Å². The van der Waals surface area contributed by atoms with E-state index >= 15 is 0 Å². The second-order valence-corrected chi connectivity index (χ2v) is 6.25. The van der Waals surface area contributed by atoms with Crippen LogP contribution in [0, 0.1) is 5.92 Å². The SMILES string of the molecule is C=C(/C(F)=C\C=C(/C)N)[C@]12CO[C@H](C)[C@H]1CSC(N)=N2. The van der Waals surface area contributed by atoms with Crippen molar-refractivity contribution in [2.45, 2.75) is 25.5 Å². The fraction of sp³-hybridized carbons (Fsp3) is 0.500. The molecule has 2 rings (SSSR count). The zero-order valence-corrected chi connectivity index (χ0v) is 12.5.